The topological polar surface area (TPSA) is 50.8 Å². The number of amides is 1. The van der Waals surface area contributed by atoms with E-state index in [-0.39, 0.29) is 24.3 Å². The van der Waals surface area contributed by atoms with Gasteiger partial charge >= 0.3 is 0 Å². The van der Waals surface area contributed by atoms with Crippen LogP contribution < -0.4 is 14.8 Å². The Morgan fingerprint density at radius 1 is 1.13 bits per heavy atom. The van der Waals surface area contributed by atoms with Gasteiger partial charge in [0.05, 0.1) is 26.8 Å². The lowest BCUT2D eigenvalue weighted by atomic mass is 9.98. The Hall–Kier alpha value is -2.90. The Morgan fingerprint density at radius 3 is 2.48 bits per heavy atom. The molecule has 1 N–H and O–H groups in total. The van der Waals surface area contributed by atoms with E-state index in [2.05, 4.69) is 10.2 Å². The summed E-state index contributed by atoms with van der Waals surface area (Å²) in [5.41, 5.74) is 3.22. The van der Waals surface area contributed by atoms with Gasteiger partial charge in [0, 0.05) is 18.0 Å². The maximum absolute atomic E-state index is 13.4. The van der Waals surface area contributed by atoms with Gasteiger partial charge in [-0.3, -0.25) is 9.69 Å². The van der Waals surface area contributed by atoms with Crippen molar-refractivity contribution in [1.82, 2.24) is 10.2 Å². The molecule has 7 heteroatoms. The van der Waals surface area contributed by atoms with E-state index in [9.17, 15) is 9.18 Å². The van der Waals surface area contributed by atoms with Gasteiger partial charge in [-0.15, -0.1) is 11.3 Å². The van der Waals surface area contributed by atoms with Gasteiger partial charge in [-0.25, -0.2) is 4.39 Å². The average molecular weight is 441 g/mol. The van der Waals surface area contributed by atoms with E-state index in [1.807, 2.05) is 29.6 Å². The lowest BCUT2D eigenvalue weighted by Gasteiger charge is -2.29. The van der Waals surface area contributed by atoms with Crippen LogP contribution in [-0.2, 0) is 17.8 Å². The molecule has 1 atom stereocenters. The van der Waals surface area contributed by atoms with Crippen molar-refractivity contribution < 1.29 is 18.7 Å². The van der Waals surface area contributed by atoms with Crippen LogP contribution in [0.3, 0.4) is 0 Å². The quantitative estimate of drug-likeness (QED) is 0.599. The number of carbonyl (C=O) groups is 1. The molecule has 1 aliphatic rings. The first-order valence-corrected chi connectivity index (χ1v) is 11.0. The van der Waals surface area contributed by atoms with Crippen molar-refractivity contribution in [1.29, 1.82) is 0 Å². The average Bonchev–Trinajstić information content (AvgIpc) is 3.32. The first-order chi connectivity index (χ1) is 15.1. The van der Waals surface area contributed by atoms with Gasteiger partial charge in [0.15, 0.2) is 11.5 Å². The number of methoxy groups -OCH3 is 2. The summed E-state index contributed by atoms with van der Waals surface area (Å²) in [5, 5.41) is 5.10. The molecule has 2 aromatic carbocycles. The van der Waals surface area contributed by atoms with Gasteiger partial charge in [0.2, 0.25) is 5.91 Å². The second-order valence-corrected chi connectivity index (χ2v) is 8.48. The highest BCUT2D eigenvalue weighted by Crippen LogP contribution is 2.33. The van der Waals surface area contributed by atoms with Crippen LogP contribution in [0.1, 0.15) is 27.6 Å². The number of carbonyl (C=O) groups excluding carboxylic acids is 1. The number of nitrogens with zero attached hydrogens (tertiary/aromatic N) is 1. The minimum Gasteiger partial charge on any atom is -0.493 e. The molecular formula is C24H25FN2O3S. The van der Waals surface area contributed by atoms with Crippen molar-refractivity contribution in [2.75, 3.05) is 27.3 Å². The number of ether oxygens (including phenoxy) is 2. The summed E-state index contributed by atoms with van der Waals surface area (Å²) in [6.45, 7) is 1.75. The smallest absolute Gasteiger partial charge is 0.234 e. The van der Waals surface area contributed by atoms with Crippen molar-refractivity contribution in [2.24, 2.45) is 0 Å². The summed E-state index contributed by atoms with van der Waals surface area (Å²) < 4.78 is 24.2. The normalized spacial score (nSPS) is 14.5. The number of hydrogen-bond donors (Lipinski definition) is 1. The van der Waals surface area contributed by atoms with Crippen molar-refractivity contribution in [2.45, 2.75) is 19.0 Å². The third-order valence-corrected chi connectivity index (χ3v) is 6.44. The molecule has 4 rings (SSSR count). The number of hydrogen-bond acceptors (Lipinski definition) is 5. The summed E-state index contributed by atoms with van der Waals surface area (Å²) in [6.07, 6.45) is 0.843. The molecule has 0 bridgehead atoms. The van der Waals surface area contributed by atoms with Gasteiger partial charge < -0.3 is 14.8 Å². The SMILES string of the molecule is COc1cc2c(cc1OC)CN(CC(=O)N[C@@H](c1ccc(F)cc1)c1cccs1)CC2. The van der Waals surface area contributed by atoms with Crippen LogP contribution in [-0.4, -0.2) is 38.1 Å². The zero-order chi connectivity index (χ0) is 21.8. The van der Waals surface area contributed by atoms with E-state index < -0.39 is 0 Å². The molecule has 1 aromatic heterocycles. The number of nitrogens with one attached hydrogen (secondary N) is 1. The molecule has 2 heterocycles. The van der Waals surface area contributed by atoms with E-state index in [4.69, 9.17) is 9.47 Å². The summed E-state index contributed by atoms with van der Waals surface area (Å²) in [4.78, 5) is 16.1. The van der Waals surface area contributed by atoms with E-state index in [0.29, 0.717) is 12.3 Å². The Kier molecular flexibility index (Phi) is 6.53. The largest absolute Gasteiger partial charge is 0.493 e. The zero-order valence-corrected chi connectivity index (χ0v) is 18.4. The van der Waals surface area contributed by atoms with Gasteiger partial charge in [0.1, 0.15) is 5.82 Å². The van der Waals surface area contributed by atoms with E-state index >= 15 is 0 Å². The van der Waals surface area contributed by atoms with Gasteiger partial charge in [-0.1, -0.05) is 18.2 Å². The van der Waals surface area contributed by atoms with Crippen LogP contribution >= 0.6 is 11.3 Å². The van der Waals surface area contributed by atoms with Crippen molar-refractivity contribution in [3.63, 3.8) is 0 Å². The fourth-order valence-corrected chi connectivity index (χ4v) is 4.72. The molecule has 3 aromatic rings. The standard InChI is InChI=1S/C24H25FN2O3S/c1-29-20-12-17-9-10-27(14-18(17)13-21(20)30-2)15-23(28)26-24(22-4-3-11-31-22)16-5-7-19(25)8-6-16/h3-8,11-13,24H,9-10,14-15H2,1-2H3,(H,26,28)/t24-/m0/s1. The van der Waals surface area contributed by atoms with Gasteiger partial charge in [0.25, 0.3) is 0 Å². The molecule has 0 spiro atoms. The first-order valence-electron chi connectivity index (χ1n) is 10.1. The van der Waals surface area contributed by atoms with Crippen LogP contribution in [0, 0.1) is 5.82 Å². The van der Waals surface area contributed by atoms with Crippen molar-refractivity contribution in [3.05, 3.63) is 81.3 Å². The molecule has 1 aliphatic heterocycles. The van der Waals surface area contributed by atoms with E-state index in [0.717, 1.165) is 34.7 Å². The number of benzene rings is 2. The predicted molar refractivity (Wildman–Crippen MR) is 119 cm³/mol. The van der Waals surface area contributed by atoms with Crippen LogP contribution in [0.4, 0.5) is 4.39 Å². The Bertz CT molecular complexity index is 1040. The minimum atomic E-state index is -0.297. The maximum atomic E-state index is 13.4. The molecule has 0 radical (unpaired) electrons. The predicted octanol–water partition coefficient (Wildman–Crippen LogP) is 4.17. The fraction of sp³-hybridized carbons (Fsp3) is 0.292. The van der Waals surface area contributed by atoms with Crippen LogP contribution in [0.25, 0.3) is 0 Å². The molecule has 0 fully saturated rings. The van der Waals surface area contributed by atoms with E-state index in [1.165, 1.54) is 17.7 Å². The molecule has 0 saturated heterocycles. The summed E-state index contributed by atoms with van der Waals surface area (Å²) in [7, 11) is 3.26. The monoisotopic (exact) mass is 440 g/mol. The van der Waals surface area contributed by atoms with Crippen LogP contribution in [0.5, 0.6) is 11.5 Å². The summed E-state index contributed by atoms with van der Waals surface area (Å²) >= 11 is 1.57. The second-order valence-electron chi connectivity index (χ2n) is 7.50. The lowest BCUT2D eigenvalue weighted by Crippen LogP contribution is -2.41. The minimum absolute atomic E-state index is 0.0633. The lowest BCUT2D eigenvalue weighted by molar-refractivity contribution is -0.123. The second kappa shape index (κ2) is 9.49. The molecule has 1 amide bonds. The highest BCUT2D eigenvalue weighted by atomic mass is 32.1. The first kappa shape index (κ1) is 21.3. The Morgan fingerprint density at radius 2 is 1.84 bits per heavy atom. The Labute approximate surface area is 185 Å². The van der Waals surface area contributed by atoms with Crippen molar-refractivity contribution in [3.8, 4) is 11.5 Å². The summed E-state index contributed by atoms with van der Waals surface area (Å²) in [5.74, 6) is 1.07. The maximum Gasteiger partial charge on any atom is 0.234 e. The fourth-order valence-electron chi connectivity index (χ4n) is 3.92. The third kappa shape index (κ3) is 4.89. The number of thiophene rings is 1. The van der Waals surface area contributed by atoms with Crippen LogP contribution in [0.15, 0.2) is 53.9 Å². The molecule has 31 heavy (non-hydrogen) atoms. The number of halogens is 1. The zero-order valence-electron chi connectivity index (χ0n) is 17.6. The number of fused-ring (bicyclic) bond motifs is 1. The third-order valence-electron chi connectivity index (χ3n) is 5.50. The highest BCUT2D eigenvalue weighted by Gasteiger charge is 2.23. The molecule has 0 unspecified atom stereocenters. The molecule has 5 nitrogen and oxygen atoms in total. The summed E-state index contributed by atoms with van der Waals surface area (Å²) in [6, 6.07) is 13.9. The Balaban J connectivity index is 1.46. The highest BCUT2D eigenvalue weighted by molar-refractivity contribution is 7.10. The van der Waals surface area contributed by atoms with Gasteiger partial charge in [-0.05, 0) is 58.8 Å². The molecule has 0 aliphatic carbocycles. The van der Waals surface area contributed by atoms with Crippen LogP contribution in [0.2, 0.25) is 0 Å². The van der Waals surface area contributed by atoms with Gasteiger partial charge in [-0.2, -0.15) is 0 Å². The molecular weight excluding hydrogens is 415 g/mol. The van der Waals surface area contributed by atoms with E-state index in [1.54, 1.807) is 37.7 Å². The van der Waals surface area contributed by atoms with Crippen molar-refractivity contribution >= 4 is 17.2 Å². The molecule has 0 saturated carbocycles. The molecule has 162 valence electrons. The number of rotatable bonds is 7.